The number of nitrogens with two attached hydrogens (primary N) is 1. The number of aliphatic hydroxyl groups is 1. The van der Waals surface area contributed by atoms with E-state index in [-0.39, 0.29) is 5.82 Å². The van der Waals surface area contributed by atoms with Crippen LogP contribution in [0.2, 0.25) is 0 Å². The number of benzene rings is 2. The lowest BCUT2D eigenvalue weighted by Gasteiger charge is -2.34. The highest BCUT2D eigenvalue weighted by Gasteiger charge is 2.29. The molecule has 1 saturated heterocycles. The van der Waals surface area contributed by atoms with Crippen molar-refractivity contribution in [3.8, 4) is 22.4 Å². The summed E-state index contributed by atoms with van der Waals surface area (Å²) in [5.41, 5.74) is 8.66. The Morgan fingerprint density at radius 1 is 1.14 bits per heavy atom. The van der Waals surface area contributed by atoms with Crippen LogP contribution in [-0.2, 0) is 16.7 Å². The molecule has 1 fully saturated rings. The number of aromatic nitrogens is 2. The van der Waals surface area contributed by atoms with Gasteiger partial charge in [0.2, 0.25) is 0 Å². The van der Waals surface area contributed by atoms with Gasteiger partial charge >= 0.3 is 0 Å². The van der Waals surface area contributed by atoms with Crippen LogP contribution in [0.15, 0.2) is 54.9 Å². The Kier molecular flexibility index (Phi) is 5.17. The van der Waals surface area contributed by atoms with Crippen LogP contribution in [-0.4, -0.2) is 42.8 Å². The third-order valence-electron chi connectivity index (χ3n) is 4.64. The molecule has 0 aliphatic carbocycles. The van der Waals surface area contributed by atoms with E-state index in [1.54, 1.807) is 10.4 Å². The Balaban J connectivity index is 1.61. The smallest absolute Gasteiger partial charge is 0.141 e. The second kappa shape index (κ2) is 7.75. The van der Waals surface area contributed by atoms with Crippen molar-refractivity contribution in [1.82, 2.24) is 14.3 Å². The largest absolute Gasteiger partial charge is 0.390 e. The van der Waals surface area contributed by atoms with Crippen molar-refractivity contribution in [3.05, 3.63) is 66.2 Å². The molecule has 0 amide bonds. The van der Waals surface area contributed by atoms with E-state index in [0.29, 0.717) is 35.7 Å². The Hall–Kier alpha value is -2.68. The van der Waals surface area contributed by atoms with Gasteiger partial charge in [0, 0.05) is 18.7 Å². The number of hydrogen-bond donors (Lipinski definition) is 2. The third-order valence-corrected chi connectivity index (χ3v) is 6.07. The van der Waals surface area contributed by atoms with Crippen LogP contribution in [0.25, 0.3) is 22.4 Å². The molecule has 0 bridgehead atoms. The molecule has 0 radical (unpaired) electrons. The Labute approximate surface area is 164 Å². The molecule has 6 nitrogen and oxygen atoms in total. The predicted molar refractivity (Wildman–Crippen MR) is 107 cm³/mol. The monoisotopic (exact) mass is 398 g/mol. The van der Waals surface area contributed by atoms with Crippen LogP contribution >= 0.6 is 0 Å². The molecule has 2 aromatic carbocycles. The minimum Gasteiger partial charge on any atom is -0.390 e. The lowest BCUT2D eigenvalue weighted by atomic mass is 9.98. The van der Waals surface area contributed by atoms with Crippen molar-refractivity contribution < 1.29 is 13.7 Å². The average Bonchev–Trinajstić information content (AvgIpc) is 2.67. The van der Waals surface area contributed by atoms with E-state index >= 15 is 0 Å². The van der Waals surface area contributed by atoms with E-state index in [2.05, 4.69) is 9.97 Å². The lowest BCUT2D eigenvalue weighted by molar-refractivity contribution is 0.0581. The standard InChI is InChI=1S/C20H19FN4O2S/c21-18-7-13(5-6-17(18)19-8-24-20(22)9-23-19)16-4-2-1-3-14(16)12-28(27)25-10-15(26)11-25/h1-9,15,26H,10-12H2,(H2,22,24). The fourth-order valence-electron chi connectivity index (χ4n) is 3.10. The quantitative estimate of drug-likeness (QED) is 0.688. The number of nitrogen functional groups attached to an aromatic ring is 1. The number of aliphatic hydroxyl groups excluding tert-OH is 1. The normalized spacial score (nSPS) is 15.9. The molecule has 1 aliphatic rings. The molecule has 1 aliphatic heterocycles. The van der Waals surface area contributed by atoms with Gasteiger partial charge in [-0.2, -0.15) is 0 Å². The lowest BCUT2D eigenvalue weighted by Crippen LogP contribution is -2.51. The van der Waals surface area contributed by atoms with Gasteiger partial charge < -0.3 is 10.8 Å². The van der Waals surface area contributed by atoms with Crippen molar-refractivity contribution in [2.45, 2.75) is 11.9 Å². The summed E-state index contributed by atoms with van der Waals surface area (Å²) < 4.78 is 29.0. The summed E-state index contributed by atoms with van der Waals surface area (Å²) >= 11 is 0. The van der Waals surface area contributed by atoms with Gasteiger partial charge in [0.1, 0.15) is 11.6 Å². The topological polar surface area (TPSA) is 92.3 Å². The maximum absolute atomic E-state index is 14.8. The van der Waals surface area contributed by atoms with Gasteiger partial charge in [0.15, 0.2) is 0 Å². The van der Waals surface area contributed by atoms with Crippen LogP contribution < -0.4 is 5.73 Å². The second-order valence-corrected chi connectivity index (χ2v) is 8.09. The van der Waals surface area contributed by atoms with Crippen LogP contribution in [0, 0.1) is 5.82 Å². The molecule has 4 rings (SSSR count). The molecule has 3 aromatic rings. The molecule has 1 atom stereocenters. The van der Waals surface area contributed by atoms with E-state index in [9.17, 15) is 13.7 Å². The summed E-state index contributed by atoms with van der Waals surface area (Å²) in [6.07, 6.45) is 2.42. The molecule has 1 aromatic heterocycles. The highest BCUT2D eigenvalue weighted by Crippen LogP contribution is 2.30. The highest BCUT2D eigenvalue weighted by molar-refractivity contribution is 7.81. The molecule has 0 saturated carbocycles. The zero-order valence-corrected chi connectivity index (χ0v) is 15.8. The first-order valence-electron chi connectivity index (χ1n) is 8.78. The van der Waals surface area contributed by atoms with Crippen LogP contribution in [0.1, 0.15) is 5.56 Å². The molecule has 8 heteroatoms. The molecular weight excluding hydrogens is 379 g/mol. The molecule has 0 spiro atoms. The van der Waals surface area contributed by atoms with E-state index < -0.39 is 22.9 Å². The highest BCUT2D eigenvalue weighted by atomic mass is 32.2. The van der Waals surface area contributed by atoms with E-state index in [0.717, 1.165) is 11.1 Å². The molecule has 2 heterocycles. The summed E-state index contributed by atoms with van der Waals surface area (Å²) in [7, 11) is -1.23. The first kappa shape index (κ1) is 18.7. The van der Waals surface area contributed by atoms with Gasteiger partial charge in [-0.1, -0.05) is 30.3 Å². The SMILES string of the molecule is Nc1cnc(-c2ccc(-c3ccccc3CS(=O)N3CC(O)C3)cc2F)cn1. The van der Waals surface area contributed by atoms with Crippen molar-refractivity contribution in [1.29, 1.82) is 0 Å². The number of hydrogen-bond acceptors (Lipinski definition) is 5. The predicted octanol–water partition coefficient (Wildman–Crippen LogP) is 2.37. The fourth-order valence-corrected chi connectivity index (χ4v) is 4.48. The average molecular weight is 398 g/mol. The van der Waals surface area contributed by atoms with Gasteiger partial charge in [0.25, 0.3) is 0 Å². The number of rotatable bonds is 5. The Bertz CT molecular complexity index is 1020. The number of β-amino-alcohol motifs (C(OH)–C–C–N with tert-alkyl or cyclic N) is 1. The number of anilines is 1. The molecule has 1 unspecified atom stereocenters. The molecule has 28 heavy (non-hydrogen) atoms. The van der Waals surface area contributed by atoms with Crippen molar-refractivity contribution >= 4 is 16.8 Å². The maximum atomic E-state index is 14.8. The Morgan fingerprint density at radius 3 is 2.61 bits per heavy atom. The van der Waals surface area contributed by atoms with Crippen LogP contribution in [0.4, 0.5) is 10.2 Å². The minimum absolute atomic E-state index is 0.275. The summed E-state index contributed by atoms with van der Waals surface area (Å²) in [6.45, 7) is 0.835. The summed E-state index contributed by atoms with van der Waals surface area (Å²) in [6, 6.07) is 12.4. The van der Waals surface area contributed by atoms with Crippen molar-refractivity contribution in [3.63, 3.8) is 0 Å². The van der Waals surface area contributed by atoms with Crippen LogP contribution in [0.5, 0.6) is 0 Å². The van der Waals surface area contributed by atoms with E-state index in [1.807, 2.05) is 30.3 Å². The van der Waals surface area contributed by atoms with Crippen molar-refractivity contribution in [2.75, 3.05) is 18.8 Å². The van der Waals surface area contributed by atoms with E-state index in [4.69, 9.17) is 5.73 Å². The first-order valence-corrected chi connectivity index (χ1v) is 10.1. The van der Waals surface area contributed by atoms with Gasteiger partial charge in [-0.25, -0.2) is 17.9 Å². The third kappa shape index (κ3) is 3.80. The zero-order valence-electron chi connectivity index (χ0n) is 15.0. The minimum atomic E-state index is -1.23. The first-order chi connectivity index (χ1) is 13.5. The maximum Gasteiger partial charge on any atom is 0.141 e. The van der Waals surface area contributed by atoms with Gasteiger partial charge in [0.05, 0.1) is 40.9 Å². The summed E-state index contributed by atoms with van der Waals surface area (Å²) in [5, 5.41) is 9.40. The second-order valence-electron chi connectivity index (χ2n) is 6.64. The molecule has 3 N–H and O–H groups in total. The van der Waals surface area contributed by atoms with E-state index in [1.165, 1.54) is 18.5 Å². The van der Waals surface area contributed by atoms with Gasteiger partial charge in [-0.15, -0.1) is 0 Å². The zero-order chi connectivity index (χ0) is 19.7. The van der Waals surface area contributed by atoms with Crippen LogP contribution in [0.3, 0.4) is 0 Å². The number of nitrogens with zero attached hydrogens (tertiary/aromatic N) is 3. The fraction of sp³-hybridized carbons (Fsp3) is 0.200. The summed E-state index contributed by atoms with van der Waals surface area (Å²) in [5.74, 6) is 0.172. The number of halogens is 1. The summed E-state index contributed by atoms with van der Waals surface area (Å²) in [4.78, 5) is 8.07. The van der Waals surface area contributed by atoms with Gasteiger partial charge in [-0.05, 0) is 28.8 Å². The molecular formula is C20H19FN4O2S. The van der Waals surface area contributed by atoms with Crippen molar-refractivity contribution in [2.24, 2.45) is 0 Å². The molecule has 144 valence electrons. The van der Waals surface area contributed by atoms with Gasteiger partial charge in [-0.3, -0.25) is 4.98 Å². The Morgan fingerprint density at radius 2 is 1.93 bits per heavy atom.